The summed E-state index contributed by atoms with van der Waals surface area (Å²) in [6, 6.07) is 8.12. The minimum Gasteiger partial charge on any atom is -0.497 e. The van der Waals surface area contributed by atoms with Gasteiger partial charge in [-0.25, -0.2) is 0 Å². The van der Waals surface area contributed by atoms with E-state index in [0.29, 0.717) is 13.2 Å². The van der Waals surface area contributed by atoms with E-state index in [-0.39, 0.29) is 11.9 Å². The molecular weight excluding hydrogens is 306 g/mol. The molecule has 1 atom stereocenters. The third-order valence-electron chi connectivity index (χ3n) is 4.98. The van der Waals surface area contributed by atoms with Crippen LogP contribution in [-0.4, -0.2) is 81.3 Å². The van der Waals surface area contributed by atoms with Crippen molar-refractivity contribution in [1.82, 2.24) is 9.80 Å². The van der Waals surface area contributed by atoms with E-state index in [2.05, 4.69) is 21.9 Å². The van der Waals surface area contributed by atoms with Crippen LogP contribution in [-0.2, 0) is 9.53 Å². The van der Waals surface area contributed by atoms with E-state index in [4.69, 9.17) is 9.47 Å². The Bertz CT molecular complexity index is 535. The third-order valence-corrected chi connectivity index (χ3v) is 4.98. The lowest BCUT2D eigenvalue weighted by Gasteiger charge is -2.40. The Morgan fingerprint density at radius 1 is 1.04 bits per heavy atom. The molecule has 1 amide bonds. The zero-order valence-electron chi connectivity index (χ0n) is 14.6. The highest BCUT2D eigenvalue weighted by molar-refractivity contribution is 5.81. The van der Waals surface area contributed by atoms with Gasteiger partial charge < -0.3 is 19.3 Å². The van der Waals surface area contributed by atoms with E-state index in [9.17, 15) is 4.79 Å². The van der Waals surface area contributed by atoms with Crippen LogP contribution < -0.4 is 9.64 Å². The number of nitrogens with zero attached hydrogens (tertiary/aromatic N) is 3. The van der Waals surface area contributed by atoms with Crippen molar-refractivity contribution in [3.63, 3.8) is 0 Å². The summed E-state index contributed by atoms with van der Waals surface area (Å²) < 4.78 is 10.5. The molecule has 132 valence electrons. The molecule has 2 aliphatic rings. The van der Waals surface area contributed by atoms with Crippen LogP contribution >= 0.6 is 0 Å². The van der Waals surface area contributed by atoms with Crippen molar-refractivity contribution >= 4 is 11.6 Å². The quantitative estimate of drug-likeness (QED) is 0.825. The number of rotatable bonds is 4. The fourth-order valence-corrected chi connectivity index (χ4v) is 3.36. The zero-order chi connectivity index (χ0) is 16.9. The molecule has 1 aromatic rings. The maximum absolute atomic E-state index is 12.6. The summed E-state index contributed by atoms with van der Waals surface area (Å²) in [6.07, 6.45) is 0. The van der Waals surface area contributed by atoms with Crippen molar-refractivity contribution in [2.75, 3.05) is 64.5 Å². The number of carbonyl (C=O) groups excluding carboxylic acids is 1. The number of morpholine rings is 1. The molecule has 3 rings (SSSR count). The van der Waals surface area contributed by atoms with E-state index < -0.39 is 0 Å². The Labute approximate surface area is 143 Å². The Morgan fingerprint density at radius 3 is 2.25 bits per heavy atom. The van der Waals surface area contributed by atoms with Gasteiger partial charge in [-0.15, -0.1) is 0 Å². The summed E-state index contributed by atoms with van der Waals surface area (Å²) in [5, 5.41) is 0. The second-order valence-electron chi connectivity index (χ2n) is 6.33. The molecule has 0 saturated carbocycles. The van der Waals surface area contributed by atoms with E-state index >= 15 is 0 Å². The molecule has 0 aromatic heterocycles. The number of amides is 1. The van der Waals surface area contributed by atoms with Crippen molar-refractivity contribution in [1.29, 1.82) is 0 Å². The summed E-state index contributed by atoms with van der Waals surface area (Å²) in [5.74, 6) is 1.11. The summed E-state index contributed by atoms with van der Waals surface area (Å²) in [7, 11) is 1.68. The van der Waals surface area contributed by atoms with Crippen LogP contribution in [0, 0.1) is 0 Å². The maximum Gasteiger partial charge on any atom is 0.239 e. The van der Waals surface area contributed by atoms with Gasteiger partial charge in [0.15, 0.2) is 0 Å². The minimum atomic E-state index is -0.0545. The molecule has 0 N–H and O–H groups in total. The molecule has 2 fully saturated rings. The van der Waals surface area contributed by atoms with E-state index in [1.165, 1.54) is 5.69 Å². The van der Waals surface area contributed by atoms with Gasteiger partial charge in [0.25, 0.3) is 0 Å². The Balaban J connectivity index is 1.52. The van der Waals surface area contributed by atoms with Gasteiger partial charge in [0, 0.05) is 45.0 Å². The van der Waals surface area contributed by atoms with Gasteiger partial charge in [-0.1, -0.05) is 0 Å². The summed E-state index contributed by atoms with van der Waals surface area (Å²) >= 11 is 0. The van der Waals surface area contributed by atoms with Crippen LogP contribution in [0.1, 0.15) is 6.92 Å². The van der Waals surface area contributed by atoms with Crippen LogP contribution in [0.2, 0.25) is 0 Å². The molecule has 2 aliphatic heterocycles. The lowest BCUT2D eigenvalue weighted by Crippen LogP contribution is -2.56. The summed E-state index contributed by atoms with van der Waals surface area (Å²) in [5.41, 5.74) is 1.21. The number of hydrogen-bond acceptors (Lipinski definition) is 5. The number of piperazine rings is 1. The van der Waals surface area contributed by atoms with Gasteiger partial charge in [-0.3, -0.25) is 9.69 Å². The number of benzene rings is 1. The molecule has 6 nitrogen and oxygen atoms in total. The molecule has 0 spiro atoms. The molecule has 24 heavy (non-hydrogen) atoms. The highest BCUT2D eigenvalue weighted by Crippen LogP contribution is 2.21. The maximum atomic E-state index is 12.6. The molecular formula is C18H27N3O3. The summed E-state index contributed by atoms with van der Waals surface area (Å²) in [4.78, 5) is 19.2. The topological polar surface area (TPSA) is 45.2 Å². The largest absolute Gasteiger partial charge is 0.497 e. The number of anilines is 1. The zero-order valence-corrected chi connectivity index (χ0v) is 14.6. The van der Waals surface area contributed by atoms with Crippen molar-refractivity contribution in [2.45, 2.75) is 13.0 Å². The fourth-order valence-electron chi connectivity index (χ4n) is 3.36. The minimum absolute atomic E-state index is 0.0545. The van der Waals surface area contributed by atoms with Crippen molar-refractivity contribution in [3.05, 3.63) is 24.3 Å². The average Bonchev–Trinajstić information content (AvgIpc) is 2.68. The molecule has 0 aliphatic carbocycles. The Kier molecular flexibility index (Phi) is 5.58. The first-order valence-corrected chi connectivity index (χ1v) is 8.68. The van der Waals surface area contributed by atoms with Crippen molar-refractivity contribution in [2.24, 2.45) is 0 Å². The fraction of sp³-hybridized carbons (Fsp3) is 0.611. The van der Waals surface area contributed by atoms with Crippen LogP contribution in [0.5, 0.6) is 5.75 Å². The molecule has 2 saturated heterocycles. The van der Waals surface area contributed by atoms with E-state index in [1.807, 2.05) is 24.0 Å². The standard InChI is InChI=1S/C18H27N3O3/c1-15(18(22)21-11-13-24-14-12-21)19-7-9-20(10-8-19)16-3-5-17(23-2)6-4-16/h3-6,15H,7-14H2,1-2H3/t15-/m0/s1. The van der Waals surface area contributed by atoms with E-state index in [1.54, 1.807) is 7.11 Å². The predicted molar refractivity (Wildman–Crippen MR) is 93.6 cm³/mol. The number of hydrogen-bond donors (Lipinski definition) is 0. The molecule has 6 heteroatoms. The SMILES string of the molecule is COc1ccc(N2CCN([C@@H](C)C(=O)N3CCOCC3)CC2)cc1. The van der Waals surface area contributed by atoms with Gasteiger partial charge >= 0.3 is 0 Å². The highest BCUT2D eigenvalue weighted by Gasteiger charge is 2.29. The second kappa shape index (κ2) is 7.85. The average molecular weight is 333 g/mol. The third kappa shape index (κ3) is 3.82. The lowest BCUT2D eigenvalue weighted by atomic mass is 10.1. The molecule has 0 radical (unpaired) electrons. The van der Waals surface area contributed by atoms with Crippen LogP contribution in [0.15, 0.2) is 24.3 Å². The number of carbonyl (C=O) groups is 1. The first-order chi connectivity index (χ1) is 11.7. The smallest absolute Gasteiger partial charge is 0.239 e. The van der Waals surface area contributed by atoms with Gasteiger partial charge in [0.1, 0.15) is 5.75 Å². The van der Waals surface area contributed by atoms with Gasteiger partial charge in [-0.2, -0.15) is 0 Å². The predicted octanol–water partition coefficient (Wildman–Crippen LogP) is 1.06. The van der Waals surface area contributed by atoms with Crippen LogP contribution in [0.4, 0.5) is 5.69 Å². The normalized spacial score (nSPS) is 20.8. The second-order valence-corrected chi connectivity index (χ2v) is 6.33. The first-order valence-electron chi connectivity index (χ1n) is 8.68. The monoisotopic (exact) mass is 333 g/mol. The molecule has 0 bridgehead atoms. The van der Waals surface area contributed by atoms with Crippen molar-refractivity contribution in [3.8, 4) is 5.75 Å². The van der Waals surface area contributed by atoms with Crippen LogP contribution in [0.25, 0.3) is 0 Å². The van der Waals surface area contributed by atoms with E-state index in [0.717, 1.165) is 45.0 Å². The van der Waals surface area contributed by atoms with Crippen LogP contribution in [0.3, 0.4) is 0 Å². The molecule has 1 aromatic carbocycles. The molecule has 2 heterocycles. The lowest BCUT2D eigenvalue weighted by molar-refractivity contribution is -0.140. The Hall–Kier alpha value is -1.79. The number of ether oxygens (including phenoxy) is 2. The van der Waals surface area contributed by atoms with Gasteiger partial charge in [-0.05, 0) is 31.2 Å². The van der Waals surface area contributed by atoms with Crippen molar-refractivity contribution < 1.29 is 14.3 Å². The number of methoxy groups -OCH3 is 1. The Morgan fingerprint density at radius 2 is 1.67 bits per heavy atom. The van der Waals surface area contributed by atoms with Gasteiger partial charge in [0.2, 0.25) is 5.91 Å². The summed E-state index contributed by atoms with van der Waals surface area (Å²) in [6.45, 7) is 8.46. The van der Waals surface area contributed by atoms with Gasteiger partial charge in [0.05, 0.1) is 26.4 Å². The first kappa shape index (κ1) is 17.0. The molecule has 0 unspecified atom stereocenters. The highest BCUT2D eigenvalue weighted by atomic mass is 16.5.